The molecule has 2 aliphatic rings. The van der Waals surface area contributed by atoms with Gasteiger partial charge in [-0.05, 0) is 24.6 Å². The molecule has 1 amide bonds. The number of carbonyl (C=O) groups is 1. The summed E-state index contributed by atoms with van der Waals surface area (Å²) in [5.74, 6) is 0.122. The maximum absolute atomic E-state index is 12.5. The van der Waals surface area contributed by atoms with E-state index in [1.54, 1.807) is 0 Å². The predicted octanol–water partition coefficient (Wildman–Crippen LogP) is 1.52. The monoisotopic (exact) mass is 292 g/mol. The molecule has 0 spiro atoms. The molecule has 0 aromatic heterocycles. The van der Waals surface area contributed by atoms with Crippen LogP contribution in [-0.2, 0) is 4.74 Å². The third kappa shape index (κ3) is 3.00. The maximum Gasteiger partial charge on any atom is 0.253 e. The van der Waals surface area contributed by atoms with E-state index in [1.165, 1.54) is 0 Å². The van der Waals surface area contributed by atoms with Crippen LogP contribution in [-0.4, -0.2) is 61.1 Å². The minimum absolute atomic E-state index is 0.122. The Morgan fingerprint density at radius 2 is 2.05 bits per heavy atom. The number of likely N-dealkylation sites (tertiary alicyclic amines) is 1. The van der Waals surface area contributed by atoms with Gasteiger partial charge in [0.15, 0.2) is 0 Å². The molecule has 0 bridgehead atoms. The molecule has 0 saturated carbocycles. The summed E-state index contributed by atoms with van der Waals surface area (Å²) in [6.07, 6.45) is 1.06. The summed E-state index contributed by atoms with van der Waals surface area (Å²) in [4.78, 5) is 17.7. The normalized spacial score (nSPS) is 24.1. The quantitative estimate of drug-likeness (QED) is 0.839. The van der Waals surface area contributed by atoms with Gasteiger partial charge >= 0.3 is 0 Å². The molecule has 20 heavy (non-hydrogen) atoms. The number of rotatable bonds is 2. The number of nitrogens with zero attached hydrogens (tertiary/aromatic N) is 2. The molecule has 3 rings (SSSR count). The first-order chi connectivity index (χ1) is 9.74. The molecule has 0 aliphatic carbocycles. The van der Waals surface area contributed by atoms with Crippen LogP contribution in [0.5, 0.6) is 0 Å². The Balaban J connectivity index is 1.63. The summed E-state index contributed by atoms with van der Waals surface area (Å²) in [6, 6.07) is 7.96. The Morgan fingerprint density at radius 1 is 1.25 bits per heavy atom. The van der Waals surface area contributed by atoms with Gasteiger partial charge in [0.1, 0.15) is 0 Å². The maximum atomic E-state index is 12.5. The van der Waals surface area contributed by atoms with Crippen molar-refractivity contribution in [1.29, 1.82) is 0 Å². The zero-order valence-electron chi connectivity index (χ0n) is 11.5. The summed E-state index contributed by atoms with van der Waals surface area (Å²) in [5, 5.41) is 0. The van der Waals surface area contributed by atoms with Crippen LogP contribution in [0.15, 0.2) is 29.2 Å². The van der Waals surface area contributed by atoms with E-state index >= 15 is 0 Å². The smallest absolute Gasteiger partial charge is 0.253 e. The highest BCUT2D eigenvalue weighted by atomic mass is 32.1. The number of hydrogen-bond donors (Lipinski definition) is 1. The largest absolute Gasteiger partial charge is 0.379 e. The molecular formula is C15H20N2O2S. The van der Waals surface area contributed by atoms with E-state index in [2.05, 4.69) is 17.5 Å². The summed E-state index contributed by atoms with van der Waals surface area (Å²) in [7, 11) is 0. The minimum atomic E-state index is 0.122. The molecule has 2 saturated heterocycles. The molecule has 1 aromatic rings. The fraction of sp³-hybridized carbons (Fsp3) is 0.533. The van der Waals surface area contributed by atoms with Crippen molar-refractivity contribution in [3.8, 4) is 0 Å². The molecule has 2 fully saturated rings. The van der Waals surface area contributed by atoms with Crippen LogP contribution >= 0.6 is 12.6 Å². The van der Waals surface area contributed by atoms with Crippen LogP contribution in [0.3, 0.4) is 0 Å². The summed E-state index contributed by atoms with van der Waals surface area (Å²) < 4.78 is 5.39. The number of ether oxygens (including phenoxy) is 1. The van der Waals surface area contributed by atoms with Gasteiger partial charge < -0.3 is 9.64 Å². The van der Waals surface area contributed by atoms with E-state index in [0.717, 1.165) is 56.3 Å². The molecule has 1 aromatic carbocycles. The number of hydrogen-bond acceptors (Lipinski definition) is 4. The van der Waals surface area contributed by atoms with Crippen LogP contribution in [0.25, 0.3) is 0 Å². The lowest BCUT2D eigenvalue weighted by atomic mass is 10.2. The van der Waals surface area contributed by atoms with Crippen LogP contribution in [0.2, 0.25) is 0 Å². The number of thiol groups is 1. The zero-order chi connectivity index (χ0) is 13.9. The van der Waals surface area contributed by atoms with Gasteiger partial charge in [-0.2, -0.15) is 0 Å². The van der Waals surface area contributed by atoms with Gasteiger partial charge in [-0.3, -0.25) is 9.69 Å². The lowest BCUT2D eigenvalue weighted by Crippen LogP contribution is -2.45. The molecule has 4 nitrogen and oxygen atoms in total. The van der Waals surface area contributed by atoms with Gasteiger partial charge in [0.05, 0.1) is 13.2 Å². The first-order valence-electron chi connectivity index (χ1n) is 7.14. The standard InChI is InChI=1S/C15H20N2O2S/c18-15(12-2-1-3-14(20)10-12)17-5-4-13(11-17)16-6-8-19-9-7-16/h1-3,10,13,20H,4-9,11H2. The van der Waals surface area contributed by atoms with Gasteiger partial charge in [0.25, 0.3) is 5.91 Å². The first kappa shape index (κ1) is 13.9. The van der Waals surface area contributed by atoms with Crippen LogP contribution in [0.1, 0.15) is 16.8 Å². The lowest BCUT2D eigenvalue weighted by Gasteiger charge is -2.32. The predicted molar refractivity (Wildman–Crippen MR) is 80.4 cm³/mol. The highest BCUT2D eigenvalue weighted by molar-refractivity contribution is 7.80. The van der Waals surface area contributed by atoms with Crippen molar-refractivity contribution in [1.82, 2.24) is 9.80 Å². The highest BCUT2D eigenvalue weighted by Crippen LogP contribution is 2.20. The van der Waals surface area contributed by atoms with Crippen molar-refractivity contribution in [3.05, 3.63) is 29.8 Å². The molecule has 2 aliphatic heterocycles. The summed E-state index contributed by atoms with van der Waals surface area (Å²) in [6.45, 7) is 5.27. The second-order valence-electron chi connectivity index (χ2n) is 5.39. The number of morpholine rings is 1. The second-order valence-corrected chi connectivity index (χ2v) is 5.91. The molecule has 5 heteroatoms. The van der Waals surface area contributed by atoms with Gasteiger partial charge in [-0.1, -0.05) is 6.07 Å². The second kappa shape index (κ2) is 6.16. The Kier molecular flexibility index (Phi) is 4.29. The number of benzene rings is 1. The Bertz CT molecular complexity index is 489. The van der Waals surface area contributed by atoms with Crippen LogP contribution in [0.4, 0.5) is 0 Å². The van der Waals surface area contributed by atoms with Crippen molar-refractivity contribution in [2.75, 3.05) is 39.4 Å². The van der Waals surface area contributed by atoms with E-state index in [1.807, 2.05) is 29.2 Å². The van der Waals surface area contributed by atoms with Crippen molar-refractivity contribution in [2.45, 2.75) is 17.4 Å². The summed E-state index contributed by atoms with van der Waals surface area (Å²) >= 11 is 4.30. The van der Waals surface area contributed by atoms with Crippen molar-refractivity contribution < 1.29 is 9.53 Å². The average molecular weight is 292 g/mol. The Hall–Kier alpha value is -1.04. The third-order valence-corrected chi connectivity index (χ3v) is 4.38. The third-order valence-electron chi connectivity index (χ3n) is 4.11. The van der Waals surface area contributed by atoms with E-state index in [-0.39, 0.29) is 5.91 Å². The molecule has 2 heterocycles. The highest BCUT2D eigenvalue weighted by Gasteiger charge is 2.31. The minimum Gasteiger partial charge on any atom is -0.379 e. The number of amides is 1. The molecule has 1 atom stereocenters. The molecule has 1 unspecified atom stereocenters. The van der Waals surface area contributed by atoms with Gasteiger partial charge in [0, 0.05) is 42.7 Å². The average Bonchev–Trinajstić information content (AvgIpc) is 2.97. The topological polar surface area (TPSA) is 32.8 Å². The zero-order valence-corrected chi connectivity index (χ0v) is 12.4. The van der Waals surface area contributed by atoms with Gasteiger partial charge in [-0.25, -0.2) is 0 Å². The summed E-state index contributed by atoms with van der Waals surface area (Å²) in [5.41, 5.74) is 0.736. The molecular weight excluding hydrogens is 272 g/mol. The number of carbonyl (C=O) groups excluding carboxylic acids is 1. The molecule has 0 N–H and O–H groups in total. The molecule has 108 valence electrons. The van der Waals surface area contributed by atoms with Crippen LogP contribution < -0.4 is 0 Å². The van der Waals surface area contributed by atoms with E-state index in [4.69, 9.17) is 4.74 Å². The fourth-order valence-corrected chi connectivity index (χ4v) is 3.21. The van der Waals surface area contributed by atoms with E-state index in [9.17, 15) is 4.79 Å². The first-order valence-corrected chi connectivity index (χ1v) is 7.59. The fourth-order valence-electron chi connectivity index (χ4n) is 2.99. The SMILES string of the molecule is O=C(c1cccc(S)c1)N1CCC(N2CCOCC2)C1. The molecule has 0 radical (unpaired) electrons. The Labute approximate surface area is 125 Å². The van der Waals surface area contributed by atoms with E-state index < -0.39 is 0 Å². The van der Waals surface area contributed by atoms with Crippen molar-refractivity contribution in [2.24, 2.45) is 0 Å². The van der Waals surface area contributed by atoms with Crippen molar-refractivity contribution >= 4 is 18.5 Å². The van der Waals surface area contributed by atoms with Gasteiger partial charge in [0.2, 0.25) is 0 Å². The van der Waals surface area contributed by atoms with Crippen molar-refractivity contribution in [3.63, 3.8) is 0 Å². The Morgan fingerprint density at radius 3 is 2.80 bits per heavy atom. The lowest BCUT2D eigenvalue weighted by molar-refractivity contribution is 0.0185. The van der Waals surface area contributed by atoms with Crippen LogP contribution in [0, 0.1) is 0 Å². The van der Waals surface area contributed by atoms with Gasteiger partial charge in [-0.15, -0.1) is 12.6 Å². The van der Waals surface area contributed by atoms with E-state index in [0.29, 0.717) is 6.04 Å².